The number of hydrogen-bond acceptors (Lipinski definition) is 7. The molecule has 0 radical (unpaired) electrons. The Bertz CT molecular complexity index is 752. The highest BCUT2D eigenvalue weighted by atomic mass is 35.5. The molecule has 0 aliphatic carbocycles. The van der Waals surface area contributed by atoms with Gasteiger partial charge in [0.25, 0.3) is 0 Å². The number of halogens is 1. The summed E-state index contributed by atoms with van der Waals surface area (Å²) in [5.74, 6) is -2.05. The first-order chi connectivity index (χ1) is 11.9. The average Bonchev–Trinajstić information content (AvgIpc) is 2.83. The number of hydrogen-bond donors (Lipinski definition) is 4. The third-order valence-corrected chi connectivity index (χ3v) is 3.95. The smallest absolute Gasteiger partial charge is 0.224 e. The van der Waals surface area contributed by atoms with E-state index in [2.05, 4.69) is 15.3 Å². The maximum atomic E-state index is 10.2. The molecule has 2 heterocycles. The Balaban J connectivity index is 2.14. The highest BCUT2D eigenvalue weighted by molar-refractivity contribution is 6.28. The van der Waals surface area contributed by atoms with Crippen molar-refractivity contribution in [2.24, 2.45) is 0 Å². The molecule has 2 atom stereocenters. The zero-order valence-corrected chi connectivity index (χ0v) is 16.4. The molecule has 0 fully saturated rings. The van der Waals surface area contributed by atoms with Crippen LogP contribution in [0.4, 0.5) is 0 Å². The van der Waals surface area contributed by atoms with Crippen LogP contribution in [0.5, 0.6) is 0 Å². The van der Waals surface area contributed by atoms with Crippen molar-refractivity contribution in [1.29, 1.82) is 0 Å². The molecule has 0 aliphatic rings. The summed E-state index contributed by atoms with van der Waals surface area (Å²) >= 11 is 5.87. The Morgan fingerprint density at radius 1 is 1.31 bits per heavy atom. The lowest BCUT2D eigenvalue weighted by atomic mass is 10.2. The van der Waals surface area contributed by atoms with Crippen molar-refractivity contribution in [1.82, 2.24) is 19.9 Å². The van der Waals surface area contributed by atoms with E-state index in [-0.39, 0.29) is 16.6 Å². The van der Waals surface area contributed by atoms with Gasteiger partial charge in [-0.25, -0.2) is 4.98 Å². The monoisotopic (exact) mass is 386 g/mol. The summed E-state index contributed by atoms with van der Waals surface area (Å²) in [7, 11) is 0. The number of aliphatic hydroxyl groups excluding tert-OH is 1. The lowest BCUT2D eigenvalue weighted by molar-refractivity contribution is -0.157. The van der Waals surface area contributed by atoms with Crippen LogP contribution in [-0.2, 0) is 17.1 Å². The number of aliphatic hydroxyl groups is 3. The van der Waals surface area contributed by atoms with Gasteiger partial charge in [-0.3, -0.25) is 5.32 Å². The van der Waals surface area contributed by atoms with Gasteiger partial charge in [-0.2, -0.15) is 4.98 Å². The maximum Gasteiger partial charge on any atom is 0.224 e. The normalized spacial score (nSPS) is 15.4. The molecule has 146 valence electrons. The number of fused-ring (bicyclic) bond motifs is 1. The van der Waals surface area contributed by atoms with Crippen LogP contribution < -0.4 is 5.32 Å². The minimum Gasteiger partial charge on any atom is -0.376 e. The minimum absolute atomic E-state index is 0.0705. The molecule has 9 heteroatoms. The fraction of sp³-hybridized carbons (Fsp3) is 0.647. The van der Waals surface area contributed by atoms with Gasteiger partial charge in [-0.05, 0) is 52.3 Å². The lowest BCUT2D eigenvalue weighted by Crippen LogP contribution is -2.44. The van der Waals surface area contributed by atoms with Gasteiger partial charge < -0.3 is 24.6 Å². The van der Waals surface area contributed by atoms with Gasteiger partial charge >= 0.3 is 0 Å². The fourth-order valence-electron chi connectivity index (χ4n) is 2.75. The molecule has 0 aliphatic heterocycles. The van der Waals surface area contributed by atoms with Crippen molar-refractivity contribution in [3.05, 3.63) is 23.2 Å². The van der Waals surface area contributed by atoms with Crippen molar-refractivity contribution >= 4 is 22.6 Å². The molecule has 0 bridgehead atoms. The quantitative estimate of drug-likeness (QED) is 0.419. The lowest BCUT2D eigenvalue weighted by Gasteiger charge is -2.29. The zero-order chi connectivity index (χ0) is 19.7. The first kappa shape index (κ1) is 21.0. The first-order valence-corrected chi connectivity index (χ1v) is 8.82. The van der Waals surface area contributed by atoms with Crippen molar-refractivity contribution < 1.29 is 20.1 Å². The van der Waals surface area contributed by atoms with Crippen molar-refractivity contribution in [2.45, 2.75) is 64.9 Å². The van der Waals surface area contributed by atoms with Gasteiger partial charge in [0.15, 0.2) is 0 Å². The van der Waals surface area contributed by atoms with Gasteiger partial charge in [-0.1, -0.05) is 0 Å². The molecule has 0 amide bonds. The second-order valence-electron chi connectivity index (χ2n) is 7.45. The van der Waals surface area contributed by atoms with Gasteiger partial charge in [0.05, 0.1) is 17.4 Å². The third kappa shape index (κ3) is 5.35. The number of nitrogens with one attached hydrogen (secondary N) is 1. The van der Waals surface area contributed by atoms with Crippen LogP contribution in [-0.4, -0.2) is 54.3 Å². The summed E-state index contributed by atoms with van der Waals surface area (Å²) < 4.78 is 7.35. The van der Waals surface area contributed by atoms with Crippen LogP contribution in [0, 0.1) is 0 Å². The number of rotatable bonds is 7. The van der Waals surface area contributed by atoms with Crippen LogP contribution >= 0.6 is 11.6 Å². The van der Waals surface area contributed by atoms with Crippen molar-refractivity contribution in [3.63, 3.8) is 0 Å². The standard InChI is InChI=1S/C17H27ClN4O4/c1-10(26-16(2,3)4)14(23)19-6-7-22-12(17(5,24)25)8-11-9-20-15(18)21-13(11)22/h8-10,14,19,23-25H,6-7H2,1-5H3. The SMILES string of the molecule is CC(OC(C)(C)C)C(O)NCCn1c(C(C)(O)O)cc2cnc(Cl)nc21. The van der Waals surface area contributed by atoms with E-state index in [0.717, 1.165) is 0 Å². The second-order valence-corrected chi connectivity index (χ2v) is 7.79. The molecular weight excluding hydrogens is 360 g/mol. The molecule has 26 heavy (non-hydrogen) atoms. The van der Waals surface area contributed by atoms with Crippen LogP contribution in [0.15, 0.2) is 12.3 Å². The van der Waals surface area contributed by atoms with E-state index in [1.54, 1.807) is 17.6 Å². The largest absolute Gasteiger partial charge is 0.376 e. The van der Waals surface area contributed by atoms with E-state index in [1.165, 1.54) is 13.1 Å². The predicted molar refractivity (Wildman–Crippen MR) is 98.6 cm³/mol. The summed E-state index contributed by atoms with van der Waals surface area (Å²) in [5, 5.41) is 33.9. The Morgan fingerprint density at radius 2 is 1.96 bits per heavy atom. The molecule has 2 aromatic rings. The maximum absolute atomic E-state index is 10.2. The molecule has 8 nitrogen and oxygen atoms in total. The number of ether oxygens (including phenoxy) is 1. The summed E-state index contributed by atoms with van der Waals surface area (Å²) in [6.07, 6.45) is 0.249. The summed E-state index contributed by atoms with van der Waals surface area (Å²) in [4.78, 5) is 8.09. The molecule has 2 rings (SSSR count). The first-order valence-electron chi connectivity index (χ1n) is 8.45. The third-order valence-electron chi connectivity index (χ3n) is 3.76. The molecule has 0 saturated heterocycles. The minimum atomic E-state index is -2.05. The molecule has 4 N–H and O–H groups in total. The Kier molecular flexibility index (Phi) is 6.27. The topological polar surface area (TPSA) is 113 Å². The van der Waals surface area contributed by atoms with Gasteiger partial charge in [0, 0.05) is 24.7 Å². The van der Waals surface area contributed by atoms with Crippen LogP contribution in [0.2, 0.25) is 5.28 Å². The van der Waals surface area contributed by atoms with E-state index >= 15 is 0 Å². The van der Waals surface area contributed by atoms with E-state index in [9.17, 15) is 15.3 Å². The van der Waals surface area contributed by atoms with Gasteiger partial charge in [-0.15, -0.1) is 0 Å². The summed E-state index contributed by atoms with van der Waals surface area (Å²) in [6.45, 7) is 9.50. The zero-order valence-electron chi connectivity index (χ0n) is 15.7. The van der Waals surface area contributed by atoms with E-state index in [1.807, 2.05) is 20.8 Å². The number of nitrogens with zero attached hydrogens (tertiary/aromatic N) is 3. The molecular formula is C17H27ClN4O4. The molecule has 0 aromatic carbocycles. The van der Waals surface area contributed by atoms with Crippen molar-refractivity contribution in [3.8, 4) is 0 Å². The van der Waals surface area contributed by atoms with E-state index < -0.39 is 18.1 Å². The van der Waals surface area contributed by atoms with Crippen LogP contribution in [0.1, 0.15) is 40.3 Å². The highest BCUT2D eigenvalue weighted by Gasteiger charge is 2.26. The average molecular weight is 387 g/mol. The van der Waals surface area contributed by atoms with E-state index in [0.29, 0.717) is 24.1 Å². The predicted octanol–water partition coefficient (Wildman–Crippen LogP) is 1.35. The van der Waals surface area contributed by atoms with Crippen LogP contribution in [0.3, 0.4) is 0 Å². The van der Waals surface area contributed by atoms with E-state index in [4.69, 9.17) is 16.3 Å². The molecule has 2 unspecified atom stereocenters. The fourth-order valence-corrected chi connectivity index (χ4v) is 2.88. The van der Waals surface area contributed by atoms with Gasteiger partial charge in [0.1, 0.15) is 11.9 Å². The van der Waals surface area contributed by atoms with Crippen LogP contribution in [0.25, 0.3) is 11.0 Å². The second kappa shape index (κ2) is 7.75. The molecule has 0 spiro atoms. The molecule has 2 aromatic heterocycles. The number of aromatic nitrogens is 3. The van der Waals surface area contributed by atoms with Crippen molar-refractivity contribution in [2.75, 3.05) is 6.54 Å². The Morgan fingerprint density at radius 3 is 2.54 bits per heavy atom. The summed E-state index contributed by atoms with van der Waals surface area (Å²) in [5.41, 5.74) is 0.388. The molecule has 0 saturated carbocycles. The Labute approximate surface area is 157 Å². The Hall–Kier alpha value is -1.29. The summed E-state index contributed by atoms with van der Waals surface area (Å²) in [6, 6.07) is 1.60. The highest BCUT2D eigenvalue weighted by Crippen LogP contribution is 2.26. The van der Waals surface area contributed by atoms with Gasteiger partial charge in [0.2, 0.25) is 11.1 Å².